The summed E-state index contributed by atoms with van der Waals surface area (Å²) < 4.78 is 2.32. The molecular weight excluding hydrogens is 310 g/mol. The molecule has 1 heterocycles. The molecule has 0 amide bonds. The maximum absolute atomic E-state index is 11.5. The van der Waals surface area contributed by atoms with Crippen LogP contribution in [-0.4, -0.2) is 15.6 Å². The first-order chi connectivity index (χ1) is 12.2. The van der Waals surface area contributed by atoms with E-state index in [0.29, 0.717) is 0 Å². The van der Waals surface area contributed by atoms with E-state index in [4.69, 9.17) is 0 Å². The zero-order chi connectivity index (χ0) is 17.6. The molecule has 3 aromatic rings. The molecular formula is C22H25NO2. The number of carboxylic acid groups (broad SMARTS) is 1. The molecule has 0 bridgehead atoms. The minimum Gasteiger partial charge on any atom is -0.481 e. The third-order valence-electron chi connectivity index (χ3n) is 4.69. The van der Waals surface area contributed by atoms with Crippen molar-refractivity contribution in [2.24, 2.45) is 0 Å². The second-order valence-electron chi connectivity index (χ2n) is 6.49. The highest BCUT2D eigenvalue weighted by Gasteiger charge is 2.19. The minimum atomic E-state index is -0.786. The Morgan fingerprint density at radius 1 is 0.960 bits per heavy atom. The van der Waals surface area contributed by atoms with Gasteiger partial charge in [-0.2, -0.15) is 0 Å². The third kappa shape index (κ3) is 3.76. The Kier molecular flexibility index (Phi) is 5.54. The summed E-state index contributed by atoms with van der Waals surface area (Å²) in [6, 6.07) is 18.3. The first-order valence-electron chi connectivity index (χ1n) is 9.09. The zero-order valence-electron chi connectivity index (χ0n) is 14.7. The lowest BCUT2D eigenvalue weighted by molar-refractivity contribution is -0.136. The van der Waals surface area contributed by atoms with E-state index >= 15 is 0 Å². The molecule has 0 spiro atoms. The molecule has 0 saturated heterocycles. The fourth-order valence-corrected chi connectivity index (χ4v) is 3.56. The molecule has 0 aliphatic rings. The normalized spacial score (nSPS) is 11.1. The molecule has 0 fully saturated rings. The van der Waals surface area contributed by atoms with E-state index in [-0.39, 0.29) is 6.42 Å². The van der Waals surface area contributed by atoms with Gasteiger partial charge in [0.1, 0.15) is 0 Å². The predicted octanol–water partition coefficient (Wildman–Crippen LogP) is 5.52. The number of hydrogen-bond donors (Lipinski definition) is 1. The van der Waals surface area contributed by atoms with Crippen molar-refractivity contribution in [1.82, 2.24) is 4.57 Å². The lowest BCUT2D eigenvalue weighted by Crippen LogP contribution is -2.04. The zero-order valence-corrected chi connectivity index (χ0v) is 14.7. The van der Waals surface area contributed by atoms with Gasteiger partial charge in [0, 0.05) is 17.4 Å². The summed E-state index contributed by atoms with van der Waals surface area (Å²) >= 11 is 0. The Balaban J connectivity index is 2.15. The second-order valence-corrected chi connectivity index (χ2v) is 6.49. The van der Waals surface area contributed by atoms with Crippen LogP contribution in [0, 0.1) is 0 Å². The van der Waals surface area contributed by atoms with Gasteiger partial charge in [-0.3, -0.25) is 4.79 Å². The molecule has 1 aromatic heterocycles. The van der Waals surface area contributed by atoms with E-state index < -0.39 is 5.97 Å². The van der Waals surface area contributed by atoms with Crippen LogP contribution in [0.4, 0.5) is 0 Å². The van der Waals surface area contributed by atoms with E-state index in [0.717, 1.165) is 40.7 Å². The third-order valence-corrected chi connectivity index (χ3v) is 4.69. The molecule has 0 unspecified atom stereocenters. The maximum atomic E-state index is 11.5. The SMILES string of the molecule is CCCCCCn1c(-c2ccccc2)c(CC(=O)O)c2ccccc21. The van der Waals surface area contributed by atoms with E-state index in [1.807, 2.05) is 36.4 Å². The van der Waals surface area contributed by atoms with E-state index in [1.165, 1.54) is 19.3 Å². The fraction of sp³-hybridized carbons (Fsp3) is 0.318. The van der Waals surface area contributed by atoms with Crippen molar-refractivity contribution < 1.29 is 9.90 Å². The van der Waals surface area contributed by atoms with Gasteiger partial charge in [-0.05, 0) is 23.6 Å². The van der Waals surface area contributed by atoms with Gasteiger partial charge in [-0.1, -0.05) is 74.7 Å². The van der Waals surface area contributed by atoms with E-state index in [2.05, 4.69) is 29.7 Å². The average Bonchev–Trinajstić information content (AvgIpc) is 2.93. The van der Waals surface area contributed by atoms with Crippen LogP contribution in [-0.2, 0) is 17.8 Å². The molecule has 0 atom stereocenters. The summed E-state index contributed by atoms with van der Waals surface area (Å²) in [5.74, 6) is -0.786. The van der Waals surface area contributed by atoms with Gasteiger partial charge >= 0.3 is 5.97 Å². The van der Waals surface area contributed by atoms with Gasteiger partial charge in [-0.25, -0.2) is 0 Å². The molecule has 1 N–H and O–H groups in total. The number of aromatic nitrogens is 1. The summed E-state index contributed by atoms with van der Waals surface area (Å²) in [6.07, 6.45) is 4.81. The van der Waals surface area contributed by atoms with Crippen LogP contribution in [0.2, 0.25) is 0 Å². The lowest BCUT2D eigenvalue weighted by atomic mass is 10.0. The van der Waals surface area contributed by atoms with Crippen molar-refractivity contribution in [3.05, 3.63) is 60.2 Å². The Labute approximate surface area is 148 Å². The van der Waals surface area contributed by atoms with E-state index in [1.54, 1.807) is 0 Å². The van der Waals surface area contributed by atoms with Gasteiger partial charge in [0.15, 0.2) is 0 Å². The number of hydrogen-bond acceptors (Lipinski definition) is 1. The molecule has 0 aliphatic heterocycles. The monoisotopic (exact) mass is 335 g/mol. The summed E-state index contributed by atoms with van der Waals surface area (Å²) in [6.45, 7) is 3.13. The van der Waals surface area contributed by atoms with Crippen molar-refractivity contribution in [3.8, 4) is 11.3 Å². The first kappa shape index (κ1) is 17.3. The second kappa shape index (κ2) is 8.02. The summed E-state index contributed by atoms with van der Waals surface area (Å²) in [7, 11) is 0. The highest BCUT2D eigenvalue weighted by molar-refractivity contribution is 5.94. The largest absolute Gasteiger partial charge is 0.481 e. The van der Waals surface area contributed by atoms with Crippen LogP contribution in [0.5, 0.6) is 0 Å². The molecule has 0 aliphatic carbocycles. The summed E-state index contributed by atoms with van der Waals surface area (Å²) in [5, 5.41) is 10.5. The highest BCUT2D eigenvalue weighted by atomic mass is 16.4. The smallest absolute Gasteiger partial charge is 0.307 e. The molecule has 25 heavy (non-hydrogen) atoms. The summed E-state index contributed by atoms with van der Waals surface area (Å²) in [5.41, 5.74) is 4.20. The summed E-state index contributed by atoms with van der Waals surface area (Å²) in [4.78, 5) is 11.5. The molecule has 3 heteroatoms. The molecule has 130 valence electrons. The number of rotatable bonds is 8. The molecule has 3 rings (SSSR count). The topological polar surface area (TPSA) is 42.2 Å². The van der Waals surface area contributed by atoms with Crippen LogP contribution in [0.25, 0.3) is 22.2 Å². The number of para-hydroxylation sites is 1. The Morgan fingerprint density at radius 2 is 1.68 bits per heavy atom. The lowest BCUT2D eigenvalue weighted by Gasteiger charge is -2.12. The maximum Gasteiger partial charge on any atom is 0.307 e. The number of unbranched alkanes of at least 4 members (excludes halogenated alkanes) is 3. The fourth-order valence-electron chi connectivity index (χ4n) is 3.56. The van der Waals surface area contributed by atoms with Crippen LogP contribution in [0.1, 0.15) is 38.2 Å². The number of nitrogens with zero attached hydrogens (tertiary/aromatic N) is 1. The quantitative estimate of drug-likeness (QED) is 0.551. The van der Waals surface area contributed by atoms with Crippen LogP contribution in [0.3, 0.4) is 0 Å². The van der Waals surface area contributed by atoms with Crippen LogP contribution >= 0.6 is 0 Å². The van der Waals surface area contributed by atoms with Crippen molar-refractivity contribution >= 4 is 16.9 Å². The number of benzene rings is 2. The predicted molar refractivity (Wildman–Crippen MR) is 103 cm³/mol. The van der Waals surface area contributed by atoms with Gasteiger partial charge < -0.3 is 9.67 Å². The number of aliphatic carboxylic acids is 1. The van der Waals surface area contributed by atoms with Crippen molar-refractivity contribution in [2.45, 2.75) is 45.6 Å². The van der Waals surface area contributed by atoms with Crippen LogP contribution in [0.15, 0.2) is 54.6 Å². The minimum absolute atomic E-state index is 0.0483. The Hall–Kier alpha value is -2.55. The van der Waals surface area contributed by atoms with Gasteiger partial charge in [0.2, 0.25) is 0 Å². The van der Waals surface area contributed by atoms with Gasteiger partial charge in [0.25, 0.3) is 0 Å². The van der Waals surface area contributed by atoms with E-state index in [9.17, 15) is 9.90 Å². The molecule has 0 radical (unpaired) electrons. The number of aryl methyl sites for hydroxylation is 1. The number of fused-ring (bicyclic) bond motifs is 1. The first-order valence-corrected chi connectivity index (χ1v) is 9.09. The molecule has 2 aromatic carbocycles. The average molecular weight is 335 g/mol. The van der Waals surface area contributed by atoms with Gasteiger partial charge in [-0.15, -0.1) is 0 Å². The Bertz CT molecular complexity index is 849. The van der Waals surface area contributed by atoms with Crippen LogP contribution < -0.4 is 0 Å². The van der Waals surface area contributed by atoms with Gasteiger partial charge in [0.05, 0.1) is 12.1 Å². The van der Waals surface area contributed by atoms with Crippen molar-refractivity contribution in [1.29, 1.82) is 0 Å². The number of carbonyl (C=O) groups is 1. The Morgan fingerprint density at radius 3 is 2.40 bits per heavy atom. The van der Waals surface area contributed by atoms with Crippen molar-refractivity contribution in [3.63, 3.8) is 0 Å². The standard InChI is InChI=1S/C22H25NO2/c1-2-3-4-10-15-23-20-14-9-8-13-18(20)19(16-21(24)25)22(23)17-11-6-5-7-12-17/h5-9,11-14H,2-4,10,15-16H2,1H3,(H,24,25). The molecule has 0 saturated carbocycles. The highest BCUT2D eigenvalue weighted by Crippen LogP contribution is 2.34. The molecule has 3 nitrogen and oxygen atoms in total. The number of carboxylic acids is 1. The van der Waals surface area contributed by atoms with Crippen molar-refractivity contribution in [2.75, 3.05) is 0 Å².